The number of hydrogen-bond acceptors (Lipinski definition) is 3. The van der Waals surface area contributed by atoms with Gasteiger partial charge in [-0.2, -0.15) is 0 Å². The molecule has 3 aromatic carbocycles. The van der Waals surface area contributed by atoms with Crippen LogP contribution in [0.4, 0.5) is 0 Å². The van der Waals surface area contributed by atoms with Crippen LogP contribution < -0.4 is 11.1 Å². The van der Waals surface area contributed by atoms with Crippen LogP contribution >= 0.6 is 0 Å². The zero-order chi connectivity index (χ0) is 25.6. The van der Waals surface area contributed by atoms with Gasteiger partial charge in [0, 0.05) is 13.0 Å². The molecule has 1 saturated carbocycles. The Morgan fingerprint density at radius 3 is 2.32 bits per heavy atom. The predicted molar refractivity (Wildman–Crippen MR) is 149 cm³/mol. The number of nitrogens with one attached hydrogen (secondary N) is 1. The highest BCUT2D eigenvalue weighted by Gasteiger charge is 2.40. The Bertz CT molecular complexity index is 1220. The summed E-state index contributed by atoms with van der Waals surface area (Å²) in [6.45, 7) is 1.05. The number of carbonyl (C=O) groups excluding carboxylic acids is 2. The van der Waals surface area contributed by atoms with Crippen molar-refractivity contribution in [3.63, 3.8) is 0 Å². The molecule has 0 spiro atoms. The molecule has 2 fully saturated rings. The fourth-order valence-electron chi connectivity index (χ4n) is 6.05. The molecule has 2 amide bonds. The minimum atomic E-state index is -0.555. The van der Waals surface area contributed by atoms with Gasteiger partial charge in [0.1, 0.15) is 12.1 Å². The van der Waals surface area contributed by atoms with Gasteiger partial charge in [-0.1, -0.05) is 86.0 Å². The fourth-order valence-corrected chi connectivity index (χ4v) is 6.05. The normalized spacial score (nSPS) is 20.8. The van der Waals surface area contributed by atoms with Crippen molar-refractivity contribution in [3.05, 3.63) is 83.4 Å². The van der Waals surface area contributed by atoms with Gasteiger partial charge >= 0.3 is 0 Å². The quantitative estimate of drug-likeness (QED) is 0.386. The average molecular weight is 498 g/mol. The molecule has 1 saturated heterocycles. The van der Waals surface area contributed by atoms with Gasteiger partial charge in [-0.3, -0.25) is 9.59 Å². The van der Waals surface area contributed by atoms with E-state index < -0.39 is 12.1 Å². The molecule has 1 aliphatic heterocycles. The molecule has 3 aromatic rings. The molecule has 0 bridgehead atoms. The van der Waals surface area contributed by atoms with Gasteiger partial charge in [0.05, 0.1) is 0 Å². The van der Waals surface area contributed by atoms with Crippen LogP contribution in [0.1, 0.15) is 74.0 Å². The van der Waals surface area contributed by atoms with E-state index in [2.05, 4.69) is 59.9 Å². The van der Waals surface area contributed by atoms with Gasteiger partial charge in [0.2, 0.25) is 11.8 Å². The number of rotatable bonds is 9. The van der Waals surface area contributed by atoms with Crippen molar-refractivity contribution in [1.82, 2.24) is 10.2 Å². The molecule has 5 nitrogen and oxygen atoms in total. The molecule has 0 radical (unpaired) electrons. The van der Waals surface area contributed by atoms with E-state index >= 15 is 0 Å². The summed E-state index contributed by atoms with van der Waals surface area (Å²) in [6.07, 6.45) is 9.31. The second kappa shape index (κ2) is 11.9. The van der Waals surface area contributed by atoms with Gasteiger partial charge in [-0.15, -0.1) is 0 Å². The number of unbranched alkanes of at least 4 members (excludes halogenated alkanes) is 1. The summed E-state index contributed by atoms with van der Waals surface area (Å²) in [5, 5.41) is 5.36. The maximum Gasteiger partial charge on any atom is 0.246 e. The van der Waals surface area contributed by atoms with E-state index in [0.717, 1.165) is 29.4 Å². The molecular weight excluding hydrogens is 458 g/mol. The third kappa shape index (κ3) is 6.04. The highest BCUT2D eigenvalue weighted by atomic mass is 16.2. The van der Waals surface area contributed by atoms with Gasteiger partial charge in [0.25, 0.3) is 0 Å². The maximum absolute atomic E-state index is 13.8. The van der Waals surface area contributed by atoms with Crippen molar-refractivity contribution in [2.75, 3.05) is 6.54 Å². The highest BCUT2D eigenvalue weighted by Crippen LogP contribution is 2.33. The van der Waals surface area contributed by atoms with Crippen molar-refractivity contribution in [2.45, 2.75) is 82.3 Å². The van der Waals surface area contributed by atoms with Crippen molar-refractivity contribution in [3.8, 4) is 0 Å². The number of nitrogens with two attached hydrogens (primary N) is 1. The lowest BCUT2D eigenvalue weighted by Gasteiger charge is -2.39. The second-order valence-corrected chi connectivity index (χ2v) is 10.8. The number of nitrogens with zero attached hydrogens (tertiary/aromatic N) is 1. The molecule has 2 aliphatic rings. The van der Waals surface area contributed by atoms with Crippen LogP contribution in [0.3, 0.4) is 0 Å². The minimum absolute atomic E-state index is 0.00173. The largest absolute Gasteiger partial charge is 0.342 e. The number of amides is 2. The second-order valence-electron chi connectivity index (χ2n) is 10.8. The van der Waals surface area contributed by atoms with Crippen molar-refractivity contribution in [1.29, 1.82) is 0 Å². The van der Waals surface area contributed by atoms with Crippen LogP contribution in [-0.2, 0) is 22.6 Å². The Labute approximate surface area is 220 Å². The summed E-state index contributed by atoms with van der Waals surface area (Å²) in [5.74, 6) is 0.601. The molecule has 5 heteroatoms. The SMILES string of the molecule is NCCCCC1C(=O)NC(Cc2ccc3ccccc3c2)C(=O)N1Cc1ccc(C2CCCCC2)cc1. The number of hydrogen-bond donors (Lipinski definition) is 2. The number of fused-ring (bicyclic) bond motifs is 1. The van der Waals surface area contributed by atoms with Gasteiger partial charge < -0.3 is 16.0 Å². The summed E-state index contributed by atoms with van der Waals surface area (Å²) in [5.41, 5.74) is 9.24. The number of benzene rings is 3. The molecule has 2 unspecified atom stereocenters. The van der Waals surface area contributed by atoms with Crippen LogP contribution in [0.5, 0.6) is 0 Å². The first-order chi connectivity index (χ1) is 18.1. The molecule has 1 heterocycles. The van der Waals surface area contributed by atoms with Crippen molar-refractivity contribution in [2.24, 2.45) is 5.73 Å². The van der Waals surface area contributed by atoms with Crippen LogP contribution in [0.15, 0.2) is 66.7 Å². The van der Waals surface area contributed by atoms with Crippen LogP contribution in [0.2, 0.25) is 0 Å². The molecule has 2 atom stereocenters. The molecule has 5 rings (SSSR count). The van der Waals surface area contributed by atoms with E-state index in [4.69, 9.17) is 5.73 Å². The zero-order valence-electron chi connectivity index (χ0n) is 21.7. The molecule has 194 valence electrons. The fraction of sp³-hybridized carbons (Fsp3) is 0.438. The lowest BCUT2D eigenvalue weighted by Crippen LogP contribution is -2.63. The lowest BCUT2D eigenvalue weighted by atomic mass is 9.84. The van der Waals surface area contributed by atoms with E-state index in [1.165, 1.54) is 43.1 Å². The number of carbonyl (C=O) groups is 2. The van der Waals surface area contributed by atoms with Gasteiger partial charge in [-0.05, 0) is 72.0 Å². The first-order valence-corrected chi connectivity index (χ1v) is 14.0. The van der Waals surface area contributed by atoms with E-state index in [1.807, 2.05) is 17.0 Å². The molecule has 0 aromatic heterocycles. The Hall–Kier alpha value is -3.18. The number of piperazine rings is 1. The third-order valence-electron chi connectivity index (χ3n) is 8.17. The minimum Gasteiger partial charge on any atom is -0.342 e. The standard InChI is InChI=1S/C32H39N3O2/c33-19-7-6-12-30-31(36)34-29(21-24-15-18-26-10-4-5-11-28(26)20-24)32(37)35(30)22-23-13-16-27(17-14-23)25-8-2-1-3-9-25/h4-5,10-11,13-18,20,25,29-30H,1-3,6-9,12,19,21-22,33H2,(H,34,36). The summed E-state index contributed by atoms with van der Waals surface area (Å²) in [4.78, 5) is 28.9. The Morgan fingerprint density at radius 1 is 0.838 bits per heavy atom. The van der Waals surface area contributed by atoms with Crippen molar-refractivity contribution >= 4 is 22.6 Å². The van der Waals surface area contributed by atoms with Crippen LogP contribution in [0.25, 0.3) is 10.8 Å². The Morgan fingerprint density at radius 2 is 1.57 bits per heavy atom. The van der Waals surface area contributed by atoms with Crippen molar-refractivity contribution < 1.29 is 9.59 Å². The topological polar surface area (TPSA) is 75.4 Å². The molecular formula is C32H39N3O2. The predicted octanol–water partition coefficient (Wildman–Crippen LogP) is 5.45. The van der Waals surface area contributed by atoms with E-state index in [9.17, 15) is 9.59 Å². The summed E-state index contributed by atoms with van der Waals surface area (Å²) in [6, 6.07) is 22.2. The lowest BCUT2D eigenvalue weighted by molar-refractivity contribution is -0.150. The van der Waals surface area contributed by atoms with E-state index in [-0.39, 0.29) is 11.8 Å². The van der Waals surface area contributed by atoms with E-state index in [0.29, 0.717) is 31.8 Å². The monoisotopic (exact) mass is 497 g/mol. The smallest absolute Gasteiger partial charge is 0.246 e. The van der Waals surface area contributed by atoms with E-state index in [1.54, 1.807) is 0 Å². The van der Waals surface area contributed by atoms with Gasteiger partial charge in [0.15, 0.2) is 0 Å². The van der Waals surface area contributed by atoms with Crippen LogP contribution in [-0.4, -0.2) is 35.3 Å². The van der Waals surface area contributed by atoms with Crippen LogP contribution in [0, 0.1) is 0 Å². The summed E-state index contributed by atoms with van der Waals surface area (Å²) < 4.78 is 0. The highest BCUT2D eigenvalue weighted by molar-refractivity contribution is 5.97. The first kappa shape index (κ1) is 25.5. The molecule has 1 aliphatic carbocycles. The zero-order valence-corrected chi connectivity index (χ0v) is 21.7. The summed E-state index contributed by atoms with van der Waals surface area (Å²) in [7, 11) is 0. The Balaban J connectivity index is 1.34. The average Bonchev–Trinajstić information content (AvgIpc) is 2.94. The Kier molecular flexibility index (Phi) is 8.20. The maximum atomic E-state index is 13.8. The summed E-state index contributed by atoms with van der Waals surface area (Å²) >= 11 is 0. The molecule has 3 N–H and O–H groups in total. The van der Waals surface area contributed by atoms with Gasteiger partial charge in [-0.25, -0.2) is 0 Å². The molecule has 37 heavy (non-hydrogen) atoms. The first-order valence-electron chi connectivity index (χ1n) is 14.0. The third-order valence-corrected chi connectivity index (χ3v) is 8.17.